The topological polar surface area (TPSA) is 9.72 Å². The van der Waals surface area contributed by atoms with Crippen LogP contribution >= 0.6 is 0 Å². The lowest BCUT2D eigenvalue weighted by Crippen LogP contribution is -2.58. The highest BCUT2D eigenvalue weighted by atomic mass is 15.3. The van der Waals surface area contributed by atoms with Gasteiger partial charge < -0.3 is 4.90 Å². The highest BCUT2D eigenvalue weighted by molar-refractivity contribution is 5.14. The Bertz CT molecular complexity index is 429. The van der Waals surface area contributed by atoms with E-state index in [9.17, 15) is 0 Å². The maximum Gasteiger partial charge on any atom is 0.0233 e. The molecule has 1 aromatic carbocycles. The van der Waals surface area contributed by atoms with Crippen LogP contribution in [0, 0.1) is 0 Å². The fourth-order valence-electron chi connectivity index (χ4n) is 3.70. The van der Waals surface area contributed by atoms with Gasteiger partial charge in [0.15, 0.2) is 0 Å². The van der Waals surface area contributed by atoms with Gasteiger partial charge in [0, 0.05) is 51.4 Å². The SMILES string of the molecule is CN1CCN(C2(C)CCN(Cc3ccccc3)CC2)CC1. The van der Waals surface area contributed by atoms with Crippen molar-refractivity contribution in [3.05, 3.63) is 35.9 Å². The summed E-state index contributed by atoms with van der Waals surface area (Å²) in [5.41, 5.74) is 1.87. The molecule has 3 rings (SSSR count). The first-order valence-electron chi connectivity index (χ1n) is 8.36. The number of nitrogens with zero attached hydrogens (tertiary/aromatic N) is 3. The average molecular weight is 287 g/mol. The number of piperazine rings is 1. The van der Waals surface area contributed by atoms with E-state index in [4.69, 9.17) is 0 Å². The van der Waals surface area contributed by atoms with Crippen LogP contribution in [0.3, 0.4) is 0 Å². The summed E-state index contributed by atoms with van der Waals surface area (Å²) in [6, 6.07) is 10.9. The molecule has 2 aliphatic heterocycles. The van der Waals surface area contributed by atoms with Crippen LogP contribution in [0.5, 0.6) is 0 Å². The predicted molar refractivity (Wildman–Crippen MR) is 88.4 cm³/mol. The number of likely N-dealkylation sites (N-methyl/N-ethyl adjacent to an activating group) is 1. The highest BCUT2D eigenvalue weighted by Gasteiger charge is 2.36. The van der Waals surface area contributed by atoms with Gasteiger partial charge in [0.1, 0.15) is 0 Å². The molecule has 2 fully saturated rings. The summed E-state index contributed by atoms with van der Waals surface area (Å²) in [6.45, 7) is 11.0. The molecule has 0 spiro atoms. The molecular formula is C18H29N3. The van der Waals surface area contributed by atoms with Crippen molar-refractivity contribution in [1.82, 2.24) is 14.7 Å². The summed E-state index contributed by atoms with van der Waals surface area (Å²) >= 11 is 0. The third-order valence-corrected chi connectivity index (χ3v) is 5.45. The molecule has 0 atom stereocenters. The number of piperidine rings is 1. The standard InChI is InChI=1S/C18H29N3/c1-18(21-14-12-19(2)13-15-21)8-10-20(11-9-18)16-17-6-4-3-5-7-17/h3-7H,8-16H2,1-2H3. The van der Waals surface area contributed by atoms with Gasteiger partial charge in [-0.05, 0) is 32.4 Å². The van der Waals surface area contributed by atoms with Crippen LogP contribution in [-0.4, -0.2) is 66.6 Å². The van der Waals surface area contributed by atoms with Gasteiger partial charge in [-0.1, -0.05) is 30.3 Å². The lowest BCUT2D eigenvalue weighted by Gasteiger charge is -2.49. The van der Waals surface area contributed by atoms with E-state index in [1.54, 1.807) is 0 Å². The van der Waals surface area contributed by atoms with Crippen molar-refractivity contribution in [3.8, 4) is 0 Å². The van der Waals surface area contributed by atoms with E-state index >= 15 is 0 Å². The zero-order valence-electron chi connectivity index (χ0n) is 13.6. The summed E-state index contributed by atoms with van der Waals surface area (Å²) in [5, 5.41) is 0. The molecule has 0 saturated carbocycles. The summed E-state index contributed by atoms with van der Waals surface area (Å²) in [6.07, 6.45) is 2.62. The van der Waals surface area contributed by atoms with Crippen molar-refractivity contribution in [2.75, 3.05) is 46.3 Å². The maximum atomic E-state index is 2.74. The number of benzene rings is 1. The van der Waals surface area contributed by atoms with Crippen LogP contribution in [0.2, 0.25) is 0 Å². The number of hydrogen-bond acceptors (Lipinski definition) is 3. The second-order valence-corrected chi connectivity index (χ2v) is 7.05. The van der Waals surface area contributed by atoms with Crippen molar-refractivity contribution in [2.45, 2.75) is 31.8 Å². The van der Waals surface area contributed by atoms with E-state index in [2.05, 4.69) is 59.0 Å². The molecule has 0 bridgehead atoms. The minimum atomic E-state index is 0.425. The molecule has 3 nitrogen and oxygen atoms in total. The largest absolute Gasteiger partial charge is 0.304 e. The van der Waals surface area contributed by atoms with Gasteiger partial charge in [-0.2, -0.15) is 0 Å². The van der Waals surface area contributed by atoms with Crippen molar-refractivity contribution < 1.29 is 0 Å². The Morgan fingerprint density at radius 1 is 0.905 bits per heavy atom. The van der Waals surface area contributed by atoms with E-state index in [1.165, 1.54) is 57.7 Å². The molecule has 1 aromatic rings. The highest BCUT2D eigenvalue weighted by Crippen LogP contribution is 2.30. The molecule has 2 heterocycles. The smallest absolute Gasteiger partial charge is 0.0233 e. The predicted octanol–water partition coefficient (Wildman–Crippen LogP) is 2.29. The van der Waals surface area contributed by atoms with Crippen LogP contribution in [0.25, 0.3) is 0 Å². The third-order valence-electron chi connectivity index (χ3n) is 5.45. The lowest BCUT2D eigenvalue weighted by atomic mass is 9.87. The van der Waals surface area contributed by atoms with E-state index in [0.29, 0.717) is 5.54 Å². The van der Waals surface area contributed by atoms with Crippen molar-refractivity contribution >= 4 is 0 Å². The van der Waals surface area contributed by atoms with Crippen LogP contribution in [0.4, 0.5) is 0 Å². The number of hydrogen-bond donors (Lipinski definition) is 0. The summed E-state index contributed by atoms with van der Waals surface area (Å²) < 4.78 is 0. The first kappa shape index (κ1) is 15.0. The zero-order chi connectivity index (χ0) is 14.7. The van der Waals surface area contributed by atoms with E-state index < -0.39 is 0 Å². The van der Waals surface area contributed by atoms with Gasteiger partial charge in [0.05, 0.1) is 0 Å². The minimum absolute atomic E-state index is 0.425. The molecule has 0 amide bonds. The fourth-order valence-corrected chi connectivity index (χ4v) is 3.70. The first-order chi connectivity index (χ1) is 10.2. The third kappa shape index (κ3) is 3.65. The van der Waals surface area contributed by atoms with Gasteiger partial charge in [0.25, 0.3) is 0 Å². The van der Waals surface area contributed by atoms with Gasteiger partial charge in [-0.3, -0.25) is 9.80 Å². The number of likely N-dealkylation sites (tertiary alicyclic amines) is 1. The van der Waals surface area contributed by atoms with E-state index in [0.717, 1.165) is 6.54 Å². The summed E-state index contributed by atoms with van der Waals surface area (Å²) in [7, 11) is 2.24. The Labute approximate surface area is 129 Å². The maximum absolute atomic E-state index is 2.74. The Balaban J connectivity index is 1.52. The molecule has 3 heteroatoms. The molecule has 0 radical (unpaired) electrons. The fraction of sp³-hybridized carbons (Fsp3) is 0.667. The summed E-state index contributed by atoms with van der Waals surface area (Å²) in [5.74, 6) is 0. The van der Waals surface area contributed by atoms with Gasteiger partial charge in [-0.25, -0.2) is 0 Å². The molecular weight excluding hydrogens is 258 g/mol. The van der Waals surface area contributed by atoms with Crippen molar-refractivity contribution in [3.63, 3.8) is 0 Å². The normalized spacial score (nSPS) is 25.0. The Morgan fingerprint density at radius 3 is 2.14 bits per heavy atom. The first-order valence-corrected chi connectivity index (χ1v) is 8.36. The monoisotopic (exact) mass is 287 g/mol. The number of rotatable bonds is 3. The van der Waals surface area contributed by atoms with E-state index in [1.807, 2.05) is 0 Å². The molecule has 116 valence electrons. The van der Waals surface area contributed by atoms with Crippen LogP contribution in [0.15, 0.2) is 30.3 Å². The Morgan fingerprint density at radius 2 is 1.52 bits per heavy atom. The molecule has 2 saturated heterocycles. The molecule has 0 aliphatic carbocycles. The summed E-state index contributed by atoms with van der Waals surface area (Å²) in [4.78, 5) is 7.81. The molecule has 21 heavy (non-hydrogen) atoms. The van der Waals surface area contributed by atoms with Crippen LogP contribution in [0.1, 0.15) is 25.3 Å². The van der Waals surface area contributed by atoms with E-state index in [-0.39, 0.29) is 0 Å². The molecule has 0 unspecified atom stereocenters. The van der Waals surface area contributed by atoms with Crippen LogP contribution in [-0.2, 0) is 6.54 Å². The quantitative estimate of drug-likeness (QED) is 0.844. The molecule has 0 N–H and O–H groups in total. The lowest BCUT2D eigenvalue weighted by molar-refractivity contribution is 0.00357. The van der Waals surface area contributed by atoms with Gasteiger partial charge >= 0.3 is 0 Å². The molecule has 2 aliphatic rings. The second kappa shape index (κ2) is 6.47. The van der Waals surface area contributed by atoms with Gasteiger partial charge in [-0.15, -0.1) is 0 Å². The average Bonchev–Trinajstić information content (AvgIpc) is 2.51. The molecule has 0 aromatic heterocycles. The second-order valence-electron chi connectivity index (χ2n) is 7.05. The zero-order valence-corrected chi connectivity index (χ0v) is 13.6. The van der Waals surface area contributed by atoms with Crippen molar-refractivity contribution in [2.24, 2.45) is 0 Å². The Kier molecular flexibility index (Phi) is 4.63. The van der Waals surface area contributed by atoms with Crippen molar-refractivity contribution in [1.29, 1.82) is 0 Å². The minimum Gasteiger partial charge on any atom is -0.304 e. The van der Waals surface area contributed by atoms with Gasteiger partial charge in [0.2, 0.25) is 0 Å². The Hall–Kier alpha value is -0.900. The van der Waals surface area contributed by atoms with Crippen LogP contribution < -0.4 is 0 Å².